The standard InChI is InChI=1S/C12H11FO4/c1-7-3-4-9(13)8(5-7)10(14)6-11(15)12(16)17-2/h3-6,14H,1-2H3. The van der Waals surface area contributed by atoms with E-state index in [0.717, 1.165) is 13.2 Å². The van der Waals surface area contributed by atoms with Crippen LogP contribution in [0.2, 0.25) is 0 Å². The molecule has 0 fully saturated rings. The lowest BCUT2D eigenvalue weighted by molar-refractivity contribution is -0.149. The number of halogens is 1. The van der Waals surface area contributed by atoms with Gasteiger partial charge in [-0.05, 0) is 19.1 Å². The van der Waals surface area contributed by atoms with Crippen LogP contribution < -0.4 is 0 Å². The van der Waals surface area contributed by atoms with E-state index in [-0.39, 0.29) is 5.56 Å². The number of carbonyl (C=O) groups excluding carboxylic acids is 2. The maximum absolute atomic E-state index is 13.3. The van der Waals surface area contributed by atoms with Gasteiger partial charge in [0.25, 0.3) is 5.78 Å². The third-order valence-electron chi connectivity index (χ3n) is 2.05. The zero-order chi connectivity index (χ0) is 13.0. The number of ether oxygens (including phenoxy) is 1. The minimum Gasteiger partial charge on any atom is -0.507 e. The van der Waals surface area contributed by atoms with Crippen LogP contribution in [0.25, 0.3) is 5.76 Å². The predicted octanol–water partition coefficient (Wildman–Crippen LogP) is 1.78. The lowest BCUT2D eigenvalue weighted by Gasteiger charge is -2.03. The van der Waals surface area contributed by atoms with Crippen molar-refractivity contribution in [2.45, 2.75) is 6.92 Å². The second-order valence-electron chi connectivity index (χ2n) is 3.37. The van der Waals surface area contributed by atoms with E-state index < -0.39 is 23.3 Å². The second kappa shape index (κ2) is 5.25. The Morgan fingerprint density at radius 1 is 1.41 bits per heavy atom. The van der Waals surface area contributed by atoms with Crippen molar-refractivity contribution in [3.63, 3.8) is 0 Å². The lowest BCUT2D eigenvalue weighted by atomic mass is 10.1. The van der Waals surface area contributed by atoms with Crippen LogP contribution in [0.4, 0.5) is 4.39 Å². The quantitative estimate of drug-likeness (QED) is 0.377. The van der Waals surface area contributed by atoms with Gasteiger partial charge >= 0.3 is 5.97 Å². The summed E-state index contributed by atoms with van der Waals surface area (Å²) in [6, 6.07) is 4.05. The monoisotopic (exact) mass is 238 g/mol. The van der Waals surface area contributed by atoms with Gasteiger partial charge in [-0.25, -0.2) is 9.18 Å². The maximum atomic E-state index is 13.3. The molecule has 0 aliphatic rings. The molecule has 1 aromatic carbocycles. The van der Waals surface area contributed by atoms with Gasteiger partial charge in [-0.2, -0.15) is 0 Å². The van der Waals surface area contributed by atoms with Crippen molar-refractivity contribution < 1.29 is 23.8 Å². The van der Waals surface area contributed by atoms with Crippen LogP contribution in [0.1, 0.15) is 11.1 Å². The molecule has 4 nitrogen and oxygen atoms in total. The highest BCUT2D eigenvalue weighted by Gasteiger charge is 2.14. The molecule has 0 saturated carbocycles. The molecule has 1 rings (SSSR count). The lowest BCUT2D eigenvalue weighted by Crippen LogP contribution is -2.13. The molecule has 0 atom stereocenters. The molecule has 0 amide bonds. The molecule has 0 aromatic heterocycles. The summed E-state index contributed by atoms with van der Waals surface area (Å²) in [6.07, 6.45) is 0.629. The number of ketones is 1. The molecular weight excluding hydrogens is 227 g/mol. The second-order valence-corrected chi connectivity index (χ2v) is 3.37. The summed E-state index contributed by atoms with van der Waals surface area (Å²) in [5.41, 5.74) is 0.578. The number of aliphatic hydroxyl groups is 1. The number of aryl methyl sites for hydroxylation is 1. The van der Waals surface area contributed by atoms with Crippen molar-refractivity contribution in [3.8, 4) is 0 Å². The van der Waals surface area contributed by atoms with E-state index >= 15 is 0 Å². The number of methoxy groups -OCH3 is 1. The van der Waals surface area contributed by atoms with Gasteiger partial charge in [0.15, 0.2) is 0 Å². The first-order valence-corrected chi connectivity index (χ1v) is 4.75. The minimum atomic E-state index is -1.12. The van der Waals surface area contributed by atoms with Crippen molar-refractivity contribution in [1.29, 1.82) is 0 Å². The Kier molecular flexibility index (Phi) is 3.98. The Morgan fingerprint density at radius 2 is 2.06 bits per heavy atom. The zero-order valence-corrected chi connectivity index (χ0v) is 9.36. The molecule has 0 unspecified atom stereocenters. The van der Waals surface area contributed by atoms with Crippen molar-refractivity contribution in [3.05, 3.63) is 41.2 Å². The summed E-state index contributed by atoms with van der Waals surface area (Å²) < 4.78 is 17.5. The van der Waals surface area contributed by atoms with E-state index in [0.29, 0.717) is 11.6 Å². The fourth-order valence-electron chi connectivity index (χ4n) is 1.20. The van der Waals surface area contributed by atoms with Gasteiger partial charge in [-0.15, -0.1) is 0 Å². The largest absolute Gasteiger partial charge is 0.507 e. The average Bonchev–Trinajstić information content (AvgIpc) is 2.30. The molecular formula is C12H11FO4. The predicted molar refractivity (Wildman–Crippen MR) is 58.8 cm³/mol. The highest BCUT2D eigenvalue weighted by atomic mass is 19.1. The first kappa shape index (κ1) is 12.9. The minimum absolute atomic E-state index is 0.137. The summed E-state index contributed by atoms with van der Waals surface area (Å²) in [6.45, 7) is 1.71. The molecule has 90 valence electrons. The Morgan fingerprint density at radius 3 is 2.65 bits per heavy atom. The normalized spacial score (nSPS) is 11.1. The molecule has 0 heterocycles. The van der Waals surface area contributed by atoms with Gasteiger partial charge in [-0.1, -0.05) is 11.6 Å². The number of rotatable bonds is 3. The number of esters is 1. The number of benzene rings is 1. The van der Waals surface area contributed by atoms with E-state index in [9.17, 15) is 19.1 Å². The molecule has 1 N–H and O–H groups in total. The molecule has 0 saturated heterocycles. The van der Waals surface area contributed by atoms with Gasteiger partial charge in [0.1, 0.15) is 11.6 Å². The molecule has 0 aliphatic carbocycles. The Bertz CT molecular complexity index is 491. The molecule has 17 heavy (non-hydrogen) atoms. The third-order valence-corrected chi connectivity index (χ3v) is 2.05. The van der Waals surface area contributed by atoms with Crippen LogP contribution in [-0.2, 0) is 14.3 Å². The first-order valence-electron chi connectivity index (χ1n) is 4.75. The third kappa shape index (κ3) is 3.14. The van der Waals surface area contributed by atoms with Crippen LogP contribution in [0.3, 0.4) is 0 Å². The number of hydrogen-bond donors (Lipinski definition) is 1. The van der Waals surface area contributed by atoms with Crippen molar-refractivity contribution in [2.75, 3.05) is 7.11 Å². The van der Waals surface area contributed by atoms with Crippen LogP contribution in [0.15, 0.2) is 24.3 Å². The fourth-order valence-corrected chi connectivity index (χ4v) is 1.20. The Hall–Kier alpha value is -2.17. The summed E-state index contributed by atoms with van der Waals surface area (Å²) in [4.78, 5) is 21.9. The molecule has 5 heteroatoms. The molecule has 0 radical (unpaired) electrons. The van der Waals surface area contributed by atoms with Gasteiger partial charge in [-0.3, -0.25) is 4.79 Å². The SMILES string of the molecule is COC(=O)C(=O)C=C(O)c1cc(C)ccc1F. The van der Waals surface area contributed by atoms with E-state index in [1.807, 2.05) is 0 Å². The Balaban J connectivity index is 3.07. The smallest absolute Gasteiger partial charge is 0.378 e. The van der Waals surface area contributed by atoms with Crippen molar-refractivity contribution in [1.82, 2.24) is 0 Å². The summed E-state index contributed by atoms with van der Waals surface area (Å²) >= 11 is 0. The van der Waals surface area contributed by atoms with Crippen LogP contribution >= 0.6 is 0 Å². The zero-order valence-electron chi connectivity index (χ0n) is 9.36. The topological polar surface area (TPSA) is 63.6 Å². The van der Waals surface area contributed by atoms with Crippen LogP contribution in [-0.4, -0.2) is 24.0 Å². The number of carbonyl (C=O) groups is 2. The van der Waals surface area contributed by atoms with E-state index in [1.54, 1.807) is 6.92 Å². The Labute approximate surface area is 97.3 Å². The first-order chi connectivity index (χ1) is 7.95. The molecule has 0 spiro atoms. The molecule has 0 bridgehead atoms. The van der Waals surface area contributed by atoms with Crippen molar-refractivity contribution >= 4 is 17.5 Å². The van der Waals surface area contributed by atoms with Crippen molar-refractivity contribution in [2.24, 2.45) is 0 Å². The van der Waals surface area contributed by atoms with E-state index in [1.165, 1.54) is 12.1 Å². The van der Waals surface area contributed by atoms with Crippen LogP contribution in [0.5, 0.6) is 0 Å². The summed E-state index contributed by atoms with van der Waals surface area (Å²) in [5, 5.41) is 9.53. The van der Waals surface area contributed by atoms with Gasteiger partial charge in [0, 0.05) is 6.08 Å². The summed E-state index contributed by atoms with van der Waals surface area (Å²) in [5.74, 6) is -3.46. The fraction of sp³-hybridized carbons (Fsp3) is 0.167. The highest BCUT2D eigenvalue weighted by molar-refractivity contribution is 6.39. The van der Waals surface area contributed by atoms with E-state index in [2.05, 4.69) is 4.74 Å². The highest BCUT2D eigenvalue weighted by Crippen LogP contribution is 2.17. The summed E-state index contributed by atoms with van der Waals surface area (Å²) in [7, 11) is 1.04. The van der Waals surface area contributed by atoms with E-state index in [4.69, 9.17) is 0 Å². The van der Waals surface area contributed by atoms with Gasteiger partial charge in [0.05, 0.1) is 12.7 Å². The molecule has 1 aromatic rings. The number of aliphatic hydroxyl groups excluding tert-OH is 1. The van der Waals surface area contributed by atoms with Gasteiger partial charge < -0.3 is 9.84 Å². The molecule has 0 aliphatic heterocycles. The number of hydrogen-bond acceptors (Lipinski definition) is 4. The van der Waals surface area contributed by atoms with Gasteiger partial charge in [0.2, 0.25) is 0 Å². The average molecular weight is 238 g/mol. The van der Waals surface area contributed by atoms with Crippen LogP contribution in [0, 0.1) is 12.7 Å². The maximum Gasteiger partial charge on any atom is 0.378 e.